The third kappa shape index (κ3) is 4.81. The van der Waals surface area contributed by atoms with Crippen molar-refractivity contribution in [3.05, 3.63) is 58.7 Å². The van der Waals surface area contributed by atoms with Crippen LogP contribution in [0.25, 0.3) is 11.1 Å². The highest BCUT2D eigenvalue weighted by atomic mass is 16.3. The van der Waals surface area contributed by atoms with Crippen LogP contribution in [0.3, 0.4) is 0 Å². The molecule has 2 aromatic rings. The van der Waals surface area contributed by atoms with Crippen molar-refractivity contribution in [2.45, 2.75) is 77.8 Å². The molecule has 4 N–H and O–H groups in total. The second-order valence-electron chi connectivity index (χ2n) is 9.76. The monoisotopic (exact) mass is 386 g/mol. The molecule has 0 aliphatic rings. The van der Waals surface area contributed by atoms with E-state index in [1.54, 1.807) is 67.5 Å². The molecule has 0 saturated heterocycles. The van der Waals surface area contributed by atoms with E-state index < -0.39 is 22.4 Å². The zero-order chi connectivity index (χ0) is 21.7. The minimum Gasteiger partial charge on any atom is -0.386 e. The molecule has 0 aromatic heterocycles. The van der Waals surface area contributed by atoms with Crippen LogP contribution in [-0.4, -0.2) is 20.4 Å². The predicted molar refractivity (Wildman–Crippen MR) is 113 cm³/mol. The zero-order valence-electron chi connectivity index (χ0n) is 18.3. The molecule has 0 aliphatic heterocycles. The predicted octanol–water partition coefficient (Wildman–Crippen LogP) is 4.26. The molecule has 2 aromatic carbocycles. The van der Waals surface area contributed by atoms with Crippen LogP contribution >= 0.6 is 0 Å². The average molecular weight is 387 g/mol. The molecule has 0 heterocycles. The molecule has 154 valence electrons. The Morgan fingerprint density at radius 1 is 0.500 bits per heavy atom. The fourth-order valence-electron chi connectivity index (χ4n) is 3.32. The van der Waals surface area contributed by atoms with Crippen LogP contribution < -0.4 is 0 Å². The lowest BCUT2D eigenvalue weighted by atomic mass is 9.78. The number of hydrogen-bond donors (Lipinski definition) is 4. The van der Waals surface area contributed by atoms with Crippen LogP contribution in [0.1, 0.15) is 77.6 Å². The molecule has 0 saturated carbocycles. The van der Waals surface area contributed by atoms with E-state index in [0.29, 0.717) is 16.7 Å². The normalized spacial score (nSPS) is 13.7. The Bertz CT molecular complexity index is 802. The first-order valence-corrected chi connectivity index (χ1v) is 9.62. The molecule has 4 nitrogen and oxygen atoms in total. The molecule has 2 rings (SSSR count). The van der Waals surface area contributed by atoms with E-state index in [1.807, 2.05) is 24.3 Å². The first kappa shape index (κ1) is 22.6. The molecule has 4 heteroatoms. The van der Waals surface area contributed by atoms with E-state index in [4.69, 9.17) is 0 Å². The Kier molecular flexibility index (Phi) is 5.61. The minimum atomic E-state index is -1.19. The smallest absolute Gasteiger partial charge is 0.0846 e. The zero-order valence-corrected chi connectivity index (χ0v) is 18.3. The van der Waals surface area contributed by atoms with Crippen molar-refractivity contribution in [1.82, 2.24) is 0 Å². The molecule has 0 spiro atoms. The van der Waals surface area contributed by atoms with E-state index in [9.17, 15) is 20.4 Å². The van der Waals surface area contributed by atoms with Crippen molar-refractivity contribution in [2.24, 2.45) is 0 Å². The van der Waals surface area contributed by atoms with Crippen molar-refractivity contribution >= 4 is 0 Å². The van der Waals surface area contributed by atoms with Gasteiger partial charge in [0.05, 0.1) is 22.4 Å². The lowest BCUT2D eigenvalue weighted by Crippen LogP contribution is -2.26. The summed E-state index contributed by atoms with van der Waals surface area (Å²) in [6, 6.07) is 11.1. The van der Waals surface area contributed by atoms with E-state index in [0.717, 1.165) is 16.7 Å². The standard InChI is InChI=1S/C24H34O4/c1-21(2,25)16-11-9-15(10-12-16)20-18(23(5,6)27)13-17(22(3,4)26)14-19(20)24(7,8)28/h9-14,25-28H,1-8H3. The van der Waals surface area contributed by atoms with Crippen LogP contribution in [-0.2, 0) is 22.4 Å². The molecule has 28 heavy (non-hydrogen) atoms. The first-order chi connectivity index (χ1) is 12.4. The maximum absolute atomic E-state index is 10.9. The third-order valence-electron chi connectivity index (χ3n) is 5.04. The van der Waals surface area contributed by atoms with Gasteiger partial charge in [-0.2, -0.15) is 0 Å². The summed E-state index contributed by atoms with van der Waals surface area (Å²) >= 11 is 0. The van der Waals surface area contributed by atoms with E-state index in [2.05, 4.69) is 0 Å². The van der Waals surface area contributed by atoms with Crippen LogP contribution in [0, 0.1) is 0 Å². The van der Waals surface area contributed by atoms with Gasteiger partial charge >= 0.3 is 0 Å². The Morgan fingerprint density at radius 3 is 1.14 bits per heavy atom. The van der Waals surface area contributed by atoms with Crippen LogP contribution in [0.2, 0.25) is 0 Å². The lowest BCUT2D eigenvalue weighted by molar-refractivity contribution is 0.0658. The Labute approximate surface area is 168 Å². The highest BCUT2D eigenvalue weighted by Gasteiger charge is 2.32. The Hall–Kier alpha value is -1.72. The van der Waals surface area contributed by atoms with Crippen LogP contribution in [0.15, 0.2) is 36.4 Å². The number of aliphatic hydroxyl groups is 4. The Balaban J connectivity index is 2.88. The highest BCUT2D eigenvalue weighted by Crippen LogP contribution is 2.42. The first-order valence-electron chi connectivity index (χ1n) is 9.62. The topological polar surface area (TPSA) is 80.9 Å². The van der Waals surface area contributed by atoms with Crippen molar-refractivity contribution < 1.29 is 20.4 Å². The van der Waals surface area contributed by atoms with Gasteiger partial charge in [-0.3, -0.25) is 0 Å². The SMILES string of the molecule is CC(C)(O)c1ccc(-c2c(C(C)(C)O)cc(C(C)(C)O)cc2C(C)(C)O)cc1. The van der Waals surface area contributed by atoms with Gasteiger partial charge in [0.25, 0.3) is 0 Å². The summed E-state index contributed by atoms with van der Waals surface area (Å²) in [6.45, 7) is 13.6. The molecule has 0 atom stereocenters. The summed E-state index contributed by atoms with van der Waals surface area (Å²) < 4.78 is 0. The highest BCUT2D eigenvalue weighted by molar-refractivity contribution is 5.74. The summed E-state index contributed by atoms with van der Waals surface area (Å²) in [5.74, 6) is 0. The van der Waals surface area contributed by atoms with Crippen molar-refractivity contribution in [2.75, 3.05) is 0 Å². The van der Waals surface area contributed by atoms with Crippen molar-refractivity contribution in [3.63, 3.8) is 0 Å². The minimum absolute atomic E-state index is 0.624. The Morgan fingerprint density at radius 2 is 0.857 bits per heavy atom. The number of benzene rings is 2. The van der Waals surface area contributed by atoms with Crippen molar-refractivity contribution in [3.8, 4) is 11.1 Å². The van der Waals surface area contributed by atoms with Gasteiger partial charge in [-0.15, -0.1) is 0 Å². The van der Waals surface area contributed by atoms with Gasteiger partial charge in [-0.25, -0.2) is 0 Å². The average Bonchev–Trinajstić information content (AvgIpc) is 2.50. The maximum atomic E-state index is 10.9. The fourth-order valence-corrected chi connectivity index (χ4v) is 3.32. The lowest BCUT2D eigenvalue weighted by Gasteiger charge is -2.32. The summed E-state index contributed by atoms with van der Waals surface area (Å²) in [5, 5.41) is 42.6. The summed E-state index contributed by atoms with van der Waals surface area (Å²) in [4.78, 5) is 0. The largest absolute Gasteiger partial charge is 0.386 e. The van der Waals surface area contributed by atoms with Gasteiger partial charge in [-0.1, -0.05) is 24.3 Å². The second kappa shape index (κ2) is 6.96. The van der Waals surface area contributed by atoms with E-state index in [1.165, 1.54) is 0 Å². The van der Waals surface area contributed by atoms with Gasteiger partial charge in [-0.05, 0) is 101 Å². The van der Waals surface area contributed by atoms with Gasteiger partial charge < -0.3 is 20.4 Å². The van der Waals surface area contributed by atoms with E-state index >= 15 is 0 Å². The quantitative estimate of drug-likeness (QED) is 0.619. The molecule has 0 radical (unpaired) electrons. The molecule has 0 fully saturated rings. The van der Waals surface area contributed by atoms with E-state index in [-0.39, 0.29) is 0 Å². The molecule has 0 bridgehead atoms. The molecular formula is C24H34O4. The van der Waals surface area contributed by atoms with Gasteiger partial charge in [0, 0.05) is 0 Å². The van der Waals surface area contributed by atoms with Crippen LogP contribution in [0.5, 0.6) is 0 Å². The van der Waals surface area contributed by atoms with Crippen molar-refractivity contribution in [1.29, 1.82) is 0 Å². The number of rotatable bonds is 5. The third-order valence-corrected chi connectivity index (χ3v) is 5.04. The summed E-state index contributed by atoms with van der Waals surface area (Å²) in [5.41, 5.74) is -0.250. The maximum Gasteiger partial charge on any atom is 0.0846 e. The molecular weight excluding hydrogens is 352 g/mol. The van der Waals surface area contributed by atoms with Crippen LogP contribution in [0.4, 0.5) is 0 Å². The van der Waals surface area contributed by atoms with Gasteiger partial charge in [0.2, 0.25) is 0 Å². The van der Waals surface area contributed by atoms with Gasteiger partial charge in [0.1, 0.15) is 0 Å². The molecule has 0 aliphatic carbocycles. The number of hydrogen-bond acceptors (Lipinski definition) is 4. The molecule has 0 unspecified atom stereocenters. The fraction of sp³-hybridized carbons (Fsp3) is 0.500. The summed E-state index contributed by atoms with van der Waals surface area (Å²) in [7, 11) is 0. The summed E-state index contributed by atoms with van der Waals surface area (Å²) in [6.07, 6.45) is 0. The second-order valence-corrected chi connectivity index (χ2v) is 9.76. The van der Waals surface area contributed by atoms with Gasteiger partial charge in [0.15, 0.2) is 0 Å². The molecule has 0 amide bonds.